The Morgan fingerprint density at radius 2 is 1.81 bits per heavy atom. The Labute approximate surface area is 98.1 Å². The van der Waals surface area contributed by atoms with E-state index in [1.807, 2.05) is 33.0 Å². The van der Waals surface area contributed by atoms with Crippen LogP contribution in [0.4, 0.5) is 4.39 Å². The lowest BCUT2D eigenvalue weighted by Gasteiger charge is -2.18. The van der Waals surface area contributed by atoms with Gasteiger partial charge in [0.2, 0.25) is 0 Å². The predicted octanol–water partition coefficient (Wildman–Crippen LogP) is 3.89. The third kappa shape index (κ3) is 3.05. The summed E-state index contributed by atoms with van der Waals surface area (Å²) in [7, 11) is 1.97. The minimum Gasteiger partial charge on any atom is -0.313 e. The molecule has 90 valence electrons. The van der Waals surface area contributed by atoms with Gasteiger partial charge in [0.25, 0.3) is 0 Å². The van der Waals surface area contributed by atoms with E-state index in [0.717, 1.165) is 17.5 Å². The molecular formula is C14H22FN. The molecule has 1 aromatic carbocycles. The number of hydrogen-bond acceptors (Lipinski definition) is 1. The lowest BCUT2D eigenvalue weighted by Crippen LogP contribution is -2.16. The summed E-state index contributed by atoms with van der Waals surface area (Å²) < 4.78 is 13.5. The summed E-state index contributed by atoms with van der Waals surface area (Å²) in [5.74, 6) is -0.0749. The number of halogens is 1. The topological polar surface area (TPSA) is 12.0 Å². The highest BCUT2D eigenvalue weighted by atomic mass is 19.1. The van der Waals surface area contributed by atoms with Crippen molar-refractivity contribution in [1.29, 1.82) is 0 Å². The standard InChI is InChI=1S/C14H22FN/c1-5-6-7-13(16-4)12-8-10(2)14(15)11(3)9-12/h8-9,13,16H,5-7H2,1-4H3. The number of rotatable bonds is 5. The van der Waals surface area contributed by atoms with Crippen LogP contribution < -0.4 is 5.32 Å². The number of nitrogens with one attached hydrogen (secondary N) is 1. The van der Waals surface area contributed by atoms with E-state index in [9.17, 15) is 4.39 Å². The number of aryl methyl sites for hydroxylation is 2. The minimum atomic E-state index is -0.0749. The summed E-state index contributed by atoms with van der Waals surface area (Å²) in [5, 5.41) is 3.30. The summed E-state index contributed by atoms with van der Waals surface area (Å²) in [6.07, 6.45) is 3.50. The zero-order valence-electron chi connectivity index (χ0n) is 10.7. The van der Waals surface area contributed by atoms with Crippen molar-refractivity contribution in [3.8, 4) is 0 Å². The van der Waals surface area contributed by atoms with Gasteiger partial charge in [0.1, 0.15) is 5.82 Å². The van der Waals surface area contributed by atoms with Crippen LogP contribution in [0, 0.1) is 19.7 Å². The van der Waals surface area contributed by atoms with Crippen molar-refractivity contribution in [3.05, 3.63) is 34.6 Å². The highest BCUT2D eigenvalue weighted by Gasteiger charge is 2.11. The number of unbranched alkanes of at least 4 members (excludes halogenated alkanes) is 1. The molecule has 0 bridgehead atoms. The van der Waals surface area contributed by atoms with Crippen LogP contribution in [0.15, 0.2) is 12.1 Å². The van der Waals surface area contributed by atoms with Crippen LogP contribution in [0.1, 0.15) is 48.9 Å². The Balaban J connectivity index is 2.92. The van der Waals surface area contributed by atoms with Gasteiger partial charge in [-0.05, 0) is 44.0 Å². The molecule has 1 nitrogen and oxygen atoms in total. The van der Waals surface area contributed by atoms with E-state index in [1.165, 1.54) is 18.4 Å². The van der Waals surface area contributed by atoms with Crippen LogP contribution in [0.25, 0.3) is 0 Å². The summed E-state index contributed by atoms with van der Waals surface area (Å²) >= 11 is 0. The zero-order valence-corrected chi connectivity index (χ0v) is 10.7. The molecule has 1 atom stereocenters. The molecular weight excluding hydrogens is 201 g/mol. The van der Waals surface area contributed by atoms with Gasteiger partial charge in [0, 0.05) is 6.04 Å². The second-order valence-corrected chi connectivity index (χ2v) is 4.45. The highest BCUT2D eigenvalue weighted by molar-refractivity contribution is 5.32. The molecule has 0 fully saturated rings. The number of benzene rings is 1. The van der Waals surface area contributed by atoms with E-state index in [0.29, 0.717) is 6.04 Å². The molecule has 0 amide bonds. The third-order valence-electron chi connectivity index (χ3n) is 3.06. The molecule has 0 heterocycles. The SMILES string of the molecule is CCCCC(NC)c1cc(C)c(F)c(C)c1. The summed E-state index contributed by atoms with van der Waals surface area (Å²) in [6, 6.07) is 4.26. The maximum absolute atomic E-state index is 13.5. The smallest absolute Gasteiger partial charge is 0.129 e. The van der Waals surface area contributed by atoms with Crippen LogP contribution >= 0.6 is 0 Å². The fraction of sp³-hybridized carbons (Fsp3) is 0.571. The van der Waals surface area contributed by atoms with E-state index in [2.05, 4.69) is 12.2 Å². The quantitative estimate of drug-likeness (QED) is 0.798. The first-order chi connectivity index (χ1) is 7.60. The lowest BCUT2D eigenvalue weighted by atomic mass is 9.97. The Hall–Kier alpha value is -0.890. The van der Waals surface area contributed by atoms with Crippen molar-refractivity contribution in [2.24, 2.45) is 0 Å². The Kier molecular flexibility index (Phi) is 4.94. The molecule has 0 aliphatic heterocycles. The average molecular weight is 223 g/mol. The molecule has 0 saturated carbocycles. The van der Waals surface area contributed by atoms with E-state index < -0.39 is 0 Å². The molecule has 1 rings (SSSR count). The van der Waals surface area contributed by atoms with Gasteiger partial charge in [-0.2, -0.15) is 0 Å². The molecule has 0 spiro atoms. The Morgan fingerprint density at radius 1 is 1.25 bits per heavy atom. The third-order valence-corrected chi connectivity index (χ3v) is 3.06. The predicted molar refractivity (Wildman–Crippen MR) is 67.2 cm³/mol. The summed E-state index contributed by atoms with van der Waals surface area (Å²) in [5.41, 5.74) is 2.69. The second kappa shape index (κ2) is 6.00. The first kappa shape index (κ1) is 13.2. The van der Waals surface area contributed by atoms with Crippen molar-refractivity contribution in [2.45, 2.75) is 46.1 Å². The Bertz CT molecular complexity index is 324. The van der Waals surface area contributed by atoms with Gasteiger partial charge in [-0.1, -0.05) is 31.9 Å². The van der Waals surface area contributed by atoms with Gasteiger partial charge in [-0.25, -0.2) is 4.39 Å². The second-order valence-electron chi connectivity index (χ2n) is 4.45. The van der Waals surface area contributed by atoms with Crippen molar-refractivity contribution >= 4 is 0 Å². The van der Waals surface area contributed by atoms with Crippen molar-refractivity contribution in [3.63, 3.8) is 0 Å². The largest absolute Gasteiger partial charge is 0.313 e. The van der Waals surface area contributed by atoms with Crippen LogP contribution in [0.3, 0.4) is 0 Å². The minimum absolute atomic E-state index is 0.0749. The van der Waals surface area contributed by atoms with Crippen molar-refractivity contribution in [2.75, 3.05) is 7.05 Å². The maximum atomic E-state index is 13.5. The van der Waals surface area contributed by atoms with Gasteiger partial charge < -0.3 is 5.32 Å². The van der Waals surface area contributed by atoms with Crippen LogP contribution in [-0.4, -0.2) is 7.05 Å². The van der Waals surface area contributed by atoms with Gasteiger partial charge in [-0.3, -0.25) is 0 Å². The average Bonchev–Trinajstić information content (AvgIpc) is 2.26. The van der Waals surface area contributed by atoms with E-state index in [1.54, 1.807) is 0 Å². The first-order valence-corrected chi connectivity index (χ1v) is 6.04. The fourth-order valence-electron chi connectivity index (χ4n) is 2.07. The van der Waals surface area contributed by atoms with Gasteiger partial charge in [-0.15, -0.1) is 0 Å². The molecule has 0 aromatic heterocycles. The fourth-order valence-corrected chi connectivity index (χ4v) is 2.07. The molecule has 0 aliphatic rings. The summed E-state index contributed by atoms with van der Waals surface area (Å²) in [4.78, 5) is 0. The van der Waals surface area contributed by atoms with Gasteiger partial charge in [0.15, 0.2) is 0 Å². The van der Waals surface area contributed by atoms with E-state index in [-0.39, 0.29) is 5.82 Å². The molecule has 0 radical (unpaired) electrons. The Morgan fingerprint density at radius 3 is 2.25 bits per heavy atom. The molecule has 2 heteroatoms. The van der Waals surface area contributed by atoms with Crippen molar-refractivity contribution in [1.82, 2.24) is 5.32 Å². The highest BCUT2D eigenvalue weighted by Crippen LogP contribution is 2.23. The molecule has 1 N–H and O–H groups in total. The number of hydrogen-bond donors (Lipinski definition) is 1. The van der Waals surface area contributed by atoms with Crippen LogP contribution in [-0.2, 0) is 0 Å². The first-order valence-electron chi connectivity index (χ1n) is 6.04. The maximum Gasteiger partial charge on any atom is 0.129 e. The van der Waals surface area contributed by atoms with E-state index in [4.69, 9.17) is 0 Å². The van der Waals surface area contributed by atoms with Crippen molar-refractivity contribution < 1.29 is 4.39 Å². The van der Waals surface area contributed by atoms with Crippen LogP contribution in [0.5, 0.6) is 0 Å². The van der Waals surface area contributed by atoms with Crippen LogP contribution in [0.2, 0.25) is 0 Å². The van der Waals surface area contributed by atoms with Gasteiger partial charge in [0.05, 0.1) is 0 Å². The monoisotopic (exact) mass is 223 g/mol. The molecule has 1 unspecified atom stereocenters. The molecule has 0 aliphatic carbocycles. The normalized spacial score (nSPS) is 12.8. The van der Waals surface area contributed by atoms with Gasteiger partial charge >= 0.3 is 0 Å². The molecule has 16 heavy (non-hydrogen) atoms. The molecule has 1 aromatic rings. The van der Waals surface area contributed by atoms with E-state index >= 15 is 0 Å². The lowest BCUT2D eigenvalue weighted by molar-refractivity contribution is 0.519. The zero-order chi connectivity index (χ0) is 12.1. The molecule has 0 saturated heterocycles. The summed E-state index contributed by atoms with van der Waals surface area (Å²) in [6.45, 7) is 5.85.